The molecule has 0 radical (unpaired) electrons. The molecular weight excluding hydrogens is 390 g/mol. The molecule has 2 aromatic heterocycles. The highest BCUT2D eigenvalue weighted by atomic mass is 32.1. The first-order valence-corrected chi connectivity index (χ1v) is 10.4. The van der Waals surface area contributed by atoms with Gasteiger partial charge in [-0.2, -0.15) is 9.78 Å². The summed E-state index contributed by atoms with van der Waals surface area (Å²) in [5, 5.41) is 13.7. The lowest BCUT2D eigenvalue weighted by Crippen LogP contribution is -2.18. The molecule has 7 nitrogen and oxygen atoms in total. The van der Waals surface area contributed by atoms with E-state index in [1.165, 1.54) is 22.3 Å². The maximum absolute atomic E-state index is 12.9. The van der Waals surface area contributed by atoms with E-state index in [-0.39, 0.29) is 12.0 Å². The predicted octanol–water partition coefficient (Wildman–Crippen LogP) is 3.46. The molecule has 4 rings (SSSR count). The molecule has 0 bridgehead atoms. The number of ether oxygens (including phenoxy) is 1. The van der Waals surface area contributed by atoms with Gasteiger partial charge in [0.15, 0.2) is 0 Å². The molecule has 3 aromatic rings. The number of hydrogen-bond donors (Lipinski definition) is 1. The van der Waals surface area contributed by atoms with Gasteiger partial charge in [0.1, 0.15) is 16.9 Å². The smallest absolute Gasteiger partial charge is 0.303 e. The fourth-order valence-corrected chi connectivity index (χ4v) is 4.67. The minimum Gasteiger partial charge on any atom is -0.494 e. The van der Waals surface area contributed by atoms with Gasteiger partial charge in [0.25, 0.3) is 5.56 Å². The Morgan fingerprint density at radius 2 is 2.21 bits per heavy atom. The van der Waals surface area contributed by atoms with Crippen molar-refractivity contribution in [3.8, 4) is 5.75 Å². The summed E-state index contributed by atoms with van der Waals surface area (Å²) in [4.78, 5) is 30.0. The van der Waals surface area contributed by atoms with Gasteiger partial charge in [0.2, 0.25) is 0 Å². The highest BCUT2D eigenvalue weighted by Gasteiger charge is 2.19. The van der Waals surface area contributed by atoms with Crippen molar-refractivity contribution in [3.05, 3.63) is 57.0 Å². The van der Waals surface area contributed by atoms with Gasteiger partial charge >= 0.3 is 5.97 Å². The van der Waals surface area contributed by atoms with E-state index in [9.17, 15) is 9.59 Å². The molecule has 1 N–H and O–H groups in total. The lowest BCUT2D eigenvalue weighted by atomic mass is 9.97. The van der Waals surface area contributed by atoms with E-state index in [2.05, 4.69) is 10.1 Å². The highest BCUT2D eigenvalue weighted by molar-refractivity contribution is 7.18. The van der Waals surface area contributed by atoms with Crippen LogP contribution >= 0.6 is 11.3 Å². The summed E-state index contributed by atoms with van der Waals surface area (Å²) in [6, 6.07) is 7.29. The Balaban J connectivity index is 1.52. The maximum atomic E-state index is 12.9. The molecule has 29 heavy (non-hydrogen) atoms. The zero-order chi connectivity index (χ0) is 20.2. The Labute approximate surface area is 171 Å². The molecule has 0 saturated carbocycles. The van der Waals surface area contributed by atoms with Crippen molar-refractivity contribution in [2.45, 2.75) is 38.5 Å². The maximum Gasteiger partial charge on any atom is 0.303 e. The number of aromatic nitrogens is 2. The first-order valence-electron chi connectivity index (χ1n) is 9.63. The quantitative estimate of drug-likeness (QED) is 0.475. The number of carbonyl (C=O) groups is 1. The summed E-state index contributed by atoms with van der Waals surface area (Å²) in [5.74, 6) is -0.204. The molecule has 8 heteroatoms. The lowest BCUT2D eigenvalue weighted by Gasteiger charge is -2.09. The fourth-order valence-electron chi connectivity index (χ4n) is 3.45. The van der Waals surface area contributed by atoms with Crippen LogP contribution < -0.4 is 10.3 Å². The van der Waals surface area contributed by atoms with Crippen molar-refractivity contribution >= 4 is 33.7 Å². The number of nitrogens with zero attached hydrogens (tertiary/aromatic N) is 3. The zero-order valence-electron chi connectivity index (χ0n) is 15.8. The first kappa shape index (κ1) is 19.3. The van der Waals surface area contributed by atoms with Crippen LogP contribution in [0.15, 0.2) is 40.5 Å². The van der Waals surface area contributed by atoms with Crippen LogP contribution in [0, 0.1) is 0 Å². The Morgan fingerprint density at radius 3 is 3.07 bits per heavy atom. The minimum absolute atomic E-state index is 0.0752. The van der Waals surface area contributed by atoms with Crippen LogP contribution in [0.4, 0.5) is 0 Å². The first-order chi connectivity index (χ1) is 14.1. The lowest BCUT2D eigenvalue weighted by molar-refractivity contribution is -0.137. The van der Waals surface area contributed by atoms with Crippen LogP contribution in [0.5, 0.6) is 5.75 Å². The van der Waals surface area contributed by atoms with Gasteiger partial charge in [-0.05, 0) is 55.4 Å². The number of fused-ring (bicyclic) bond motifs is 3. The standard InChI is InChI=1S/C21H21N3O4S/c25-18(26)9-4-10-28-15-6-3-5-14(11-15)12-23-24-13-22-20-19(21(24)27)16-7-1-2-8-17(16)29-20/h3,5-6,11-13H,1-2,4,7-10H2,(H,25,26). The summed E-state index contributed by atoms with van der Waals surface area (Å²) in [6.07, 6.45) is 7.81. The molecule has 1 aliphatic rings. The summed E-state index contributed by atoms with van der Waals surface area (Å²) in [6.45, 7) is 0.330. The van der Waals surface area contributed by atoms with Gasteiger partial charge in [-0.15, -0.1) is 11.3 Å². The van der Waals surface area contributed by atoms with E-state index in [4.69, 9.17) is 9.84 Å². The Hall–Kier alpha value is -3.00. The predicted molar refractivity (Wildman–Crippen MR) is 112 cm³/mol. The third-order valence-electron chi connectivity index (χ3n) is 4.85. The summed E-state index contributed by atoms with van der Waals surface area (Å²) < 4.78 is 6.86. The second-order valence-electron chi connectivity index (χ2n) is 6.95. The number of aliphatic carboxylic acids is 1. The number of thiophene rings is 1. The van der Waals surface area contributed by atoms with E-state index < -0.39 is 5.97 Å². The Kier molecular flexibility index (Phi) is 5.71. The van der Waals surface area contributed by atoms with Crippen molar-refractivity contribution in [2.24, 2.45) is 5.10 Å². The van der Waals surface area contributed by atoms with Gasteiger partial charge in [-0.3, -0.25) is 9.59 Å². The molecule has 0 aliphatic heterocycles. The molecular formula is C21H21N3O4S. The van der Waals surface area contributed by atoms with Crippen molar-refractivity contribution in [1.82, 2.24) is 9.66 Å². The molecule has 0 spiro atoms. The molecule has 0 fully saturated rings. The van der Waals surface area contributed by atoms with Gasteiger partial charge in [-0.25, -0.2) is 4.98 Å². The molecule has 0 atom stereocenters. The van der Waals surface area contributed by atoms with E-state index in [0.717, 1.165) is 35.2 Å². The van der Waals surface area contributed by atoms with Gasteiger partial charge < -0.3 is 9.84 Å². The van der Waals surface area contributed by atoms with E-state index in [1.54, 1.807) is 29.7 Å². The molecule has 150 valence electrons. The fraction of sp³-hybridized carbons (Fsp3) is 0.333. The number of aryl methyl sites for hydroxylation is 2. The topological polar surface area (TPSA) is 93.8 Å². The van der Waals surface area contributed by atoms with Crippen molar-refractivity contribution in [1.29, 1.82) is 0 Å². The van der Waals surface area contributed by atoms with Crippen LogP contribution in [0.2, 0.25) is 0 Å². The number of hydrogen-bond acceptors (Lipinski definition) is 6. The van der Waals surface area contributed by atoms with E-state index in [1.807, 2.05) is 12.1 Å². The number of benzene rings is 1. The second-order valence-corrected chi connectivity index (χ2v) is 8.03. The van der Waals surface area contributed by atoms with Crippen LogP contribution in [0.25, 0.3) is 10.2 Å². The Morgan fingerprint density at radius 1 is 1.34 bits per heavy atom. The monoisotopic (exact) mass is 411 g/mol. The molecule has 1 aromatic carbocycles. The van der Waals surface area contributed by atoms with Crippen molar-refractivity contribution in [2.75, 3.05) is 6.61 Å². The second kappa shape index (κ2) is 8.57. The number of carboxylic acid groups (broad SMARTS) is 1. The van der Waals surface area contributed by atoms with Crippen molar-refractivity contribution in [3.63, 3.8) is 0 Å². The van der Waals surface area contributed by atoms with Gasteiger partial charge in [-0.1, -0.05) is 12.1 Å². The molecule has 0 unspecified atom stereocenters. The van der Waals surface area contributed by atoms with Crippen molar-refractivity contribution < 1.29 is 14.6 Å². The van der Waals surface area contributed by atoms with Crippen LogP contribution in [-0.4, -0.2) is 33.6 Å². The number of rotatable bonds is 7. The summed E-state index contributed by atoms with van der Waals surface area (Å²) in [7, 11) is 0. The van der Waals surface area contributed by atoms with Gasteiger partial charge in [0, 0.05) is 11.3 Å². The van der Waals surface area contributed by atoms with E-state index in [0.29, 0.717) is 24.2 Å². The van der Waals surface area contributed by atoms with Crippen LogP contribution in [0.3, 0.4) is 0 Å². The normalized spacial score (nSPS) is 13.7. The zero-order valence-corrected chi connectivity index (χ0v) is 16.7. The average molecular weight is 411 g/mol. The van der Waals surface area contributed by atoms with E-state index >= 15 is 0 Å². The largest absolute Gasteiger partial charge is 0.494 e. The minimum atomic E-state index is -0.836. The third-order valence-corrected chi connectivity index (χ3v) is 6.05. The molecule has 2 heterocycles. The van der Waals surface area contributed by atoms with Crippen LogP contribution in [-0.2, 0) is 17.6 Å². The molecule has 1 aliphatic carbocycles. The summed E-state index contributed by atoms with van der Waals surface area (Å²) in [5.41, 5.74) is 1.79. The average Bonchev–Trinajstić information content (AvgIpc) is 3.10. The summed E-state index contributed by atoms with van der Waals surface area (Å²) >= 11 is 1.62. The molecule has 0 amide bonds. The third kappa shape index (κ3) is 4.37. The Bertz CT molecular complexity index is 1130. The van der Waals surface area contributed by atoms with Gasteiger partial charge in [0.05, 0.1) is 18.2 Å². The van der Waals surface area contributed by atoms with Crippen LogP contribution in [0.1, 0.15) is 41.7 Å². The molecule has 0 saturated heterocycles. The SMILES string of the molecule is O=C(O)CCCOc1cccc(C=Nn2cnc3sc4c(c3c2=O)CCCC4)c1. The highest BCUT2D eigenvalue weighted by Crippen LogP contribution is 2.33. The number of carboxylic acids is 1.